The molecule has 0 aliphatic rings. The van der Waals surface area contributed by atoms with Gasteiger partial charge in [0.1, 0.15) is 12.2 Å². The van der Waals surface area contributed by atoms with Gasteiger partial charge in [0, 0.05) is 6.54 Å². The fraction of sp³-hybridized carbons (Fsp3) is 0.364. The fourth-order valence-corrected chi connectivity index (χ4v) is 2.64. The van der Waals surface area contributed by atoms with Crippen molar-refractivity contribution in [2.24, 2.45) is 0 Å². The molecule has 21 heavy (non-hydrogen) atoms. The summed E-state index contributed by atoms with van der Waals surface area (Å²) in [4.78, 5) is 15.0. The van der Waals surface area contributed by atoms with E-state index in [1.165, 1.54) is 17.6 Å². The van der Waals surface area contributed by atoms with Crippen LogP contribution in [0, 0.1) is 10.1 Å². The molecule has 0 fully saturated rings. The SMILES string of the molecule is O=[N+]([O-])c1c(N(CCO)CC(F)(F)F)ccc2scnc12. The molecule has 1 aromatic heterocycles. The van der Waals surface area contributed by atoms with Gasteiger partial charge < -0.3 is 10.0 Å². The Balaban J connectivity index is 2.55. The van der Waals surface area contributed by atoms with E-state index in [0.717, 1.165) is 16.2 Å². The number of hydrogen-bond donors (Lipinski definition) is 1. The van der Waals surface area contributed by atoms with Crippen LogP contribution in [0.5, 0.6) is 0 Å². The summed E-state index contributed by atoms with van der Waals surface area (Å²) in [5.74, 6) is 0. The lowest BCUT2D eigenvalue weighted by Crippen LogP contribution is -2.36. The number of aliphatic hydroxyl groups excluding tert-OH is 1. The number of thiazole rings is 1. The Bertz CT molecular complexity index is 659. The number of fused-ring (bicyclic) bond motifs is 1. The third-order valence-electron chi connectivity index (χ3n) is 2.72. The Morgan fingerprint density at radius 2 is 2.14 bits per heavy atom. The average Bonchev–Trinajstić information content (AvgIpc) is 2.83. The largest absolute Gasteiger partial charge is 0.405 e. The van der Waals surface area contributed by atoms with E-state index in [0.29, 0.717) is 4.70 Å². The van der Waals surface area contributed by atoms with Crippen molar-refractivity contribution in [3.63, 3.8) is 0 Å². The van der Waals surface area contributed by atoms with Gasteiger partial charge in [-0.05, 0) is 12.1 Å². The molecule has 10 heteroatoms. The highest BCUT2D eigenvalue weighted by Gasteiger charge is 2.34. The molecule has 0 spiro atoms. The van der Waals surface area contributed by atoms with Crippen LogP contribution in [0.25, 0.3) is 10.2 Å². The maximum Gasteiger partial charge on any atom is 0.405 e. The van der Waals surface area contributed by atoms with Gasteiger partial charge in [-0.15, -0.1) is 11.3 Å². The van der Waals surface area contributed by atoms with Crippen LogP contribution >= 0.6 is 11.3 Å². The Kier molecular flexibility index (Phi) is 4.28. The second-order valence-electron chi connectivity index (χ2n) is 4.15. The number of benzene rings is 1. The van der Waals surface area contributed by atoms with Crippen LogP contribution < -0.4 is 4.90 Å². The smallest absolute Gasteiger partial charge is 0.395 e. The maximum absolute atomic E-state index is 12.6. The Labute approximate surface area is 120 Å². The summed E-state index contributed by atoms with van der Waals surface area (Å²) >= 11 is 1.16. The van der Waals surface area contributed by atoms with Gasteiger partial charge in [-0.3, -0.25) is 10.1 Å². The topological polar surface area (TPSA) is 79.5 Å². The summed E-state index contributed by atoms with van der Waals surface area (Å²) < 4.78 is 38.3. The molecule has 1 N–H and O–H groups in total. The second-order valence-corrected chi connectivity index (χ2v) is 5.04. The fourth-order valence-electron chi connectivity index (χ4n) is 1.96. The van der Waals surface area contributed by atoms with Crippen molar-refractivity contribution in [3.8, 4) is 0 Å². The standard InChI is InChI=1S/C11H10F3N3O3S/c12-11(13,14)5-16(3-4-18)7-1-2-8-9(15-6-21-8)10(7)17(19)20/h1-2,6,18H,3-5H2. The van der Waals surface area contributed by atoms with Crippen LogP contribution in [0.2, 0.25) is 0 Å². The van der Waals surface area contributed by atoms with Gasteiger partial charge in [-0.1, -0.05) is 0 Å². The van der Waals surface area contributed by atoms with Crippen molar-refractivity contribution >= 4 is 32.9 Å². The predicted octanol–water partition coefficient (Wildman–Crippen LogP) is 2.57. The van der Waals surface area contributed by atoms with E-state index in [9.17, 15) is 23.3 Å². The summed E-state index contributed by atoms with van der Waals surface area (Å²) in [6.07, 6.45) is -4.54. The van der Waals surface area contributed by atoms with Crippen molar-refractivity contribution in [1.82, 2.24) is 4.98 Å². The molecule has 0 radical (unpaired) electrons. The molecule has 6 nitrogen and oxygen atoms in total. The second kappa shape index (κ2) is 5.82. The number of nitrogens with zero attached hydrogens (tertiary/aromatic N) is 3. The molecular weight excluding hydrogens is 311 g/mol. The van der Waals surface area contributed by atoms with Crippen molar-refractivity contribution in [2.45, 2.75) is 6.18 Å². The van der Waals surface area contributed by atoms with Crippen LogP contribution in [0.4, 0.5) is 24.5 Å². The Morgan fingerprint density at radius 3 is 2.71 bits per heavy atom. The lowest BCUT2D eigenvalue weighted by atomic mass is 10.2. The van der Waals surface area contributed by atoms with Crippen molar-refractivity contribution in [2.75, 3.05) is 24.6 Å². The molecule has 0 unspecified atom stereocenters. The molecule has 0 saturated heterocycles. The summed E-state index contributed by atoms with van der Waals surface area (Å²) in [6, 6.07) is 2.73. The molecule has 0 aliphatic carbocycles. The van der Waals surface area contributed by atoms with Crippen LogP contribution in [-0.4, -0.2) is 40.9 Å². The number of aliphatic hydroxyl groups is 1. The lowest BCUT2D eigenvalue weighted by molar-refractivity contribution is -0.382. The van der Waals surface area contributed by atoms with E-state index in [1.807, 2.05) is 0 Å². The van der Waals surface area contributed by atoms with Crippen molar-refractivity contribution in [3.05, 3.63) is 27.8 Å². The zero-order valence-electron chi connectivity index (χ0n) is 10.5. The van der Waals surface area contributed by atoms with E-state index in [-0.39, 0.29) is 17.7 Å². The first-order valence-corrected chi connectivity index (χ1v) is 6.64. The molecule has 0 aliphatic heterocycles. The minimum atomic E-state index is -4.54. The van der Waals surface area contributed by atoms with E-state index in [1.54, 1.807) is 0 Å². The van der Waals surface area contributed by atoms with Gasteiger partial charge in [0.2, 0.25) is 0 Å². The summed E-state index contributed by atoms with van der Waals surface area (Å²) in [6.45, 7) is -2.30. The normalized spacial score (nSPS) is 11.8. The van der Waals surface area contributed by atoms with Crippen molar-refractivity contribution < 1.29 is 23.2 Å². The molecular formula is C11H10F3N3O3S. The Hall–Kier alpha value is -1.94. The first kappa shape index (κ1) is 15.4. The number of nitro groups is 1. The summed E-state index contributed by atoms with van der Waals surface area (Å²) in [5, 5.41) is 20.1. The molecule has 2 rings (SSSR count). The van der Waals surface area contributed by atoms with E-state index in [4.69, 9.17) is 5.11 Å². The van der Waals surface area contributed by atoms with E-state index in [2.05, 4.69) is 4.98 Å². The first-order chi connectivity index (χ1) is 9.83. The third kappa shape index (κ3) is 3.39. The molecule has 0 bridgehead atoms. The molecule has 0 atom stereocenters. The van der Waals surface area contributed by atoms with Gasteiger partial charge >= 0.3 is 11.9 Å². The highest BCUT2D eigenvalue weighted by Crippen LogP contribution is 2.37. The zero-order valence-corrected chi connectivity index (χ0v) is 11.3. The Morgan fingerprint density at radius 1 is 1.43 bits per heavy atom. The average molecular weight is 321 g/mol. The third-order valence-corrected chi connectivity index (χ3v) is 3.51. The van der Waals surface area contributed by atoms with Crippen LogP contribution in [0.3, 0.4) is 0 Å². The van der Waals surface area contributed by atoms with Gasteiger partial charge in [0.05, 0.1) is 21.7 Å². The van der Waals surface area contributed by atoms with Crippen molar-refractivity contribution in [1.29, 1.82) is 0 Å². The number of alkyl halides is 3. The molecule has 1 aromatic carbocycles. The molecule has 0 saturated carbocycles. The minimum Gasteiger partial charge on any atom is -0.395 e. The number of aromatic nitrogens is 1. The van der Waals surface area contributed by atoms with E-state index >= 15 is 0 Å². The van der Waals surface area contributed by atoms with Crippen LogP contribution in [-0.2, 0) is 0 Å². The van der Waals surface area contributed by atoms with Crippen LogP contribution in [0.15, 0.2) is 17.6 Å². The molecule has 0 amide bonds. The highest BCUT2D eigenvalue weighted by molar-refractivity contribution is 7.16. The monoisotopic (exact) mass is 321 g/mol. The van der Waals surface area contributed by atoms with Gasteiger partial charge in [0.15, 0.2) is 5.52 Å². The maximum atomic E-state index is 12.6. The number of hydrogen-bond acceptors (Lipinski definition) is 6. The van der Waals surface area contributed by atoms with Gasteiger partial charge in [-0.25, -0.2) is 4.98 Å². The number of rotatable bonds is 5. The lowest BCUT2D eigenvalue weighted by Gasteiger charge is -2.24. The van der Waals surface area contributed by atoms with Gasteiger partial charge in [-0.2, -0.15) is 13.2 Å². The van der Waals surface area contributed by atoms with Crippen LogP contribution in [0.1, 0.15) is 0 Å². The quantitative estimate of drug-likeness (QED) is 0.676. The summed E-state index contributed by atoms with van der Waals surface area (Å²) in [5.41, 5.74) is 0.755. The number of halogens is 3. The summed E-state index contributed by atoms with van der Waals surface area (Å²) in [7, 11) is 0. The first-order valence-electron chi connectivity index (χ1n) is 5.76. The molecule has 1 heterocycles. The molecule has 114 valence electrons. The number of anilines is 1. The zero-order chi connectivity index (χ0) is 15.6. The van der Waals surface area contributed by atoms with E-state index < -0.39 is 29.9 Å². The predicted molar refractivity (Wildman–Crippen MR) is 71.6 cm³/mol. The highest BCUT2D eigenvalue weighted by atomic mass is 32.1. The molecule has 2 aromatic rings. The van der Waals surface area contributed by atoms with Gasteiger partial charge in [0.25, 0.3) is 0 Å². The number of nitro benzene ring substituents is 1. The minimum absolute atomic E-state index is 0.0487.